The molecule has 1 aromatic carbocycles. The van der Waals surface area contributed by atoms with Gasteiger partial charge in [-0.1, -0.05) is 36.4 Å². The first-order valence-corrected chi connectivity index (χ1v) is 8.37. The molecule has 2 fully saturated rings. The molecule has 1 amide bonds. The largest absolute Gasteiger partial charge is 0.391 e. The molecule has 5 atom stereocenters. The highest BCUT2D eigenvalue weighted by Gasteiger charge is 2.60. The second kappa shape index (κ2) is 6.31. The number of carbonyl (C=O) groups excluding carboxylic acids is 1. The number of nitrogens with zero attached hydrogens (tertiary/aromatic N) is 1. The molecule has 0 spiro atoms. The molecule has 2 aliphatic heterocycles. The summed E-state index contributed by atoms with van der Waals surface area (Å²) in [6.45, 7) is 9.25. The summed E-state index contributed by atoms with van der Waals surface area (Å²) >= 11 is 0. The van der Waals surface area contributed by atoms with Crippen LogP contribution in [0, 0.1) is 0 Å². The van der Waals surface area contributed by atoms with Crippen molar-refractivity contribution in [3.63, 3.8) is 0 Å². The van der Waals surface area contributed by atoms with Gasteiger partial charge in [0.15, 0.2) is 11.9 Å². The Morgan fingerprint density at radius 1 is 1.33 bits per heavy atom. The average Bonchev–Trinajstić information content (AvgIpc) is 2.99. The van der Waals surface area contributed by atoms with Gasteiger partial charge in [-0.15, -0.1) is 6.58 Å². The minimum atomic E-state index is -0.820. The number of ether oxygens (including phenoxy) is 2. The summed E-state index contributed by atoms with van der Waals surface area (Å²) in [7, 11) is 0. The predicted octanol–water partition coefficient (Wildman–Crippen LogP) is 2.42. The van der Waals surface area contributed by atoms with Crippen LogP contribution in [0.4, 0.5) is 0 Å². The number of benzene rings is 1. The molecular formula is C19H25NO4. The number of hydrogen-bond donors (Lipinski definition) is 1. The minimum absolute atomic E-state index is 0.130. The van der Waals surface area contributed by atoms with Crippen molar-refractivity contribution in [2.75, 3.05) is 0 Å². The Hall–Kier alpha value is -1.69. The van der Waals surface area contributed by atoms with Gasteiger partial charge in [-0.3, -0.25) is 4.79 Å². The number of rotatable bonds is 5. The zero-order chi connectivity index (χ0) is 17.5. The van der Waals surface area contributed by atoms with Crippen LogP contribution in [0.25, 0.3) is 0 Å². The Morgan fingerprint density at radius 3 is 2.62 bits per heavy atom. The maximum atomic E-state index is 13.0. The van der Waals surface area contributed by atoms with Gasteiger partial charge in [-0.2, -0.15) is 0 Å². The fourth-order valence-corrected chi connectivity index (χ4v) is 3.74. The van der Waals surface area contributed by atoms with E-state index in [2.05, 4.69) is 6.58 Å². The second-order valence-corrected chi connectivity index (χ2v) is 6.94. The highest BCUT2D eigenvalue weighted by Crippen LogP contribution is 2.42. The van der Waals surface area contributed by atoms with E-state index in [1.807, 2.05) is 37.3 Å². The van der Waals surface area contributed by atoms with Gasteiger partial charge >= 0.3 is 0 Å². The lowest BCUT2D eigenvalue weighted by Crippen LogP contribution is -2.48. The Balaban J connectivity index is 1.95. The molecule has 0 unspecified atom stereocenters. The van der Waals surface area contributed by atoms with E-state index in [1.165, 1.54) is 0 Å². The summed E-state index contributed by atoms with van der Waals surface area (Å²) < 4.78 is 11.8. The number of amides is 1. The van der Waals surface area contributed by atoms with Crippen LogP contribution in [0.2, 0.25) is 0 Å². The van der Waals surface area contributed by atoms with Crippen LogP contribution in [0.15, 0.2) is 43.0 Å². The smallest absolute Gasteiger partial charge is 0.255 e. The highest BCUT2D eigenvalue weighted by atomic mass is 16.8. The third-order valence-corrected chi connectivity index (χ3v) is 4.79. The molecule has 130 valence electrons. The van der Waals surface area contributed by atoms with E-state index in [-0.39, 0.29) is 11.9 Å². The molecule has 1 N–H and O–H groups in total. The van der Waals surface area contributed by atoms with Crippen LogP contribution in [0.3, 0.4) is 0 Å². The van der Waals surface area contributed by atoms with Gasteiger partial charge in [-0.25, -0.2) is 0 Å². The lowest BCUT2D eigenvalue weighted by Gasteiger charge is -2.36. The summed E-state index contributed by atoms with van der Waals surface area (Å²) in [5, 5.41) is 10.6. The molecule has 0 radical (unpaired) electrons. The third kappa shape index (κ3) is 2.88. The van der Waals surface area contributed by atoms with Crippen molar-refractivity contribution in [2.24, 2.45) is 0 Å². The van der Waals surface area contributed by atoms with Crippen molar-refractivity contribution in [3.8, 4) is 0 Å². The second-order valence-electron chi connectivity index (χ2n) is 6.94. The number of hydrogen-bond acceptors (Lipinski definition) is 4. The van der Waals surface area contributed by atoms with Crippen molar-refractivity contribution < 1.29 is 19.4 Å². The van der Waals surface area contributed by atoms with Gasteiger partial charge in [0.1, 0.15) is 6.10 Å². The molecule has 5 nitrogen and oxygen atoms in total. The highest BCUT2D eigenvalue weighted by molar-refractivity contribution is 5.85. The molecule has 3 rings (SSSR count). The predicted molar refractivity (Wildman–Crippen MR) is 90.1 cm³/mol. The van der Waals surface area contributed by atoms with Crippen LogP contribution in [0.5, 0.6) is 0 Å². The molecule has 1 aromatic rings. The van der Waals surface area contributed by atoms with Gasteiger partial charge in [0.05, 0.1) is 18.2 Å². The fraction of sp³-hybridized carbons (Fsp3) is 0.526. The van der Waals surface area contributed by atoms with Crippen molar-refractivity contribution in [1.29, 1.82) is 0 Å². The normalized spacial score (nSPS) is 30.9. The monoisotopic (exact) mass is 331 g/mol. The zero-order valence-electron chi connectivity index (χ0n) is 14.4. The van der Waals surface area contributed by atoms with E-state index in [0.29, 0.717) is 6.42 Å². The SMILES string of the molecule is C=CC[C@H](O)[C@@H]1[C@@H]2OC(C)(C)O[C@@H]2C(=O)N1[C@H](C)c1ccccc1. The van der Waals surface area contributed by atoms with Crippen LogP contribution in [0.1, 0.15) is 38.8 Å². The molecule has 0 aromatic heterocycles. The van der Waals surface area contributed by atoms with Crippen LogP contribution in [-0.4, -0.2) is 46.1 Å². The lowest BCUT2D eigenvalue weighted by molar-refractivity contribution is -0.179. The molecule has 24 heavy (non-hydrogen) atoms. The Morgan fingerprint density at radius 2 is 2.00 bits per heavy atom. The van der Waals surface area contributed by atoms with Gasteiger partial charge in [0, 0.05) is 0 Å². The van der Waals surface area contributed by atoms with E-state index in [9.17, 15) is 9.90 Å². The fourth-order valence-electron chi connectivity index (χ4n) is 3.74. The summed E-state index contributed by atoms with van der Waals surface area (Å²) in [5.74, 6) is -0.950. The van der Waals surface area contributed by atoms with Gasteiger partial charge in [0.25, 0.3) is 5.91 Å². The minimum Gasteiger partial charge on any atom is -0.391 e. The molecule has 2 heterocycles. The molecule has 5 heteroatoms. The summed E-state index contributed by atoms with van der Waals surface area (Å²) in [6.07, 6.45) is 0.159. The number of fused-ring (bicyclic) bond motifs is 1. The first kappa shape index (κ1) is 17.1. The summed E-state index contributed by atoms with van der Waals surface area (Å²) in [4.78, 5) is 14.7. The van der Waals surface area contributed by atoms with Crippen molar-refractivity contribution in [2.45, 2.75) is 63.4 Å². The van der Waals surface area contributed by atoms with Crippen molar-refractivity contribution in [3.05, 3.63) is 48.6 Å². The van der Waals surface area contributed by atoms with E-state index in [0.717, 1.165) is 5.56 Å². The number of likely N-dealkylation sites (tertiary alicyclic amines) is 1. The maximum Gasteiger partial charge on any atom is 0.255 e. The standard InChI is InChI=1S/C19H25NO4/c1-5-9-14(21)15-16-17(24-19(3,4)23-16)18(22)20(15)12(2)13-10-7-6-8-11-13/h5-8,10-12,14-17,21H,1,9H2,2-4H3/t12-,14+,15-,16+,17+/m1/s1. The van der Waals surface area contributed by atoms with E-state index in [1.54, 1.807) is 24.8 Å². The average molecular weight is 331 g/mol. The van der Waals surface area contributed by atoms with Crippen molar-refractivity contribution in [1.82, 2.24) is 4.90 Å². The first-order chi connectivity index (χ1) is 11.4. The number of aliphatic hydroxyl groups excluding tert-OH is 1. The van der Waals surface area contributed by atoms with E-state index < -0.39 is 30.1 Å². The quantitative estimate of drug-likeness (QED) is 0.842. The maximum absolute atomic E-state index is 13.0. The van der Waals surface area contributed by atoms with Crippen LogP contribution in [-0.2, 0) is 14.3 Å². The Labute approximate surface area is 142 Å². The molecule has 2 aliphatic rings. The molecule has 2 saturated heterocycles. The van der Waals surface area contributed by atoms with Gasteiger partial charge in [0.2, 0.25) is 0 Å². The zero-order valence-corrected chi connectivity index (χ0v) is 14.4. The lowest BCUT2D eigenvalue weighted by atomic mass is 9.99. The number of aliphatic hydroxyl groups is 1. The van der Waals surface area contributed by atoms with Crippen LogP contribution >= 0.6 is 0 Å². The molecule has 0 aliphatic carbocycles. The van der Waals surface area contributed by atoms with Crippen molar-refractivity contribution >= 4 is 5.91 Å². The molecular weight excluding hydrogens is 306 g/mol. The Kier molecular flexibility index (Phi) is 4.51. The van der Waals surface area contributed by atoms with Gasteiger partial charge in [-0.05, 0) is 32.8 Å². The third-order valence-electron chi connectivity index (χ3n) is 4.79. The van der Waals surface area contributed by atoms with Gasteiger partial charge < -0.3 is 19.5 Å². The van der Waals surface area contributed by atoms with E-state index >= 15 is 0 Å². The number of carbonyl (C=O) groups is 1. The summed E-state index contributed by atoms with van der Waals surface area (Å²) in [6, 6.07) is 9.15. The molecule has 0 bridgehead atoms. The summed E-state index contributed by atoms with van der Waals surface area (Å²) in [5.41, 5.74) is 1.01. The molecule has 0 saturated carbocycles. The topological polar surface area (TPSA) is 59.0 Å². The Bertz CT molecular complexity index is 615. The first-order valence-electron chi connectivity index (χ1n) is 8.37. The van der Waals surface area contributed by atoms with E-state index in [4.69, 9.17) is 9.47 Å². The van der Waals surface area contributed by atoms with Crippen LogP contribution < -0.4 is 0 Å².